The lowest BCUT2D eigenvalue weighted by Crippen LogP contribution is -2.37. The summed E-state index contributed by atoms with van der Waals surface area (Å²) in [6, 6.07) is 4.10. The number of hydrogen-bond donors (Lipinski definition) is 1. The van der Waals surface area contributed by atoms with Crippen molar-refractivity contribution >= 4 is 0 Å². The first-order valence-electron chi connectivity index (χ1n) is 7.77. The molecule has 0 amide bonds. The zero-order valence-corrected chi connectivity index (χ0v) is 13.3. The van der Waals surface area contributed by atoms with E-state index in [0.717, 1.165) is 25.2 Å². The Morgan fingerprint density at radius 1 is 1.52 bits per heavy atom. The van der Waals surface area contributed by atoms with Gasteiger partial charge in [-0.25, -0.2) is 4.39 Å². The second-order valence-corrected chi connectivity index (χ2v) is 6.07. The molecule has 1 fully saturated rings. The molecule has 5 heteroatoms. The average molecular weight is 294 g/mol. The smallest absolute Gasteiger partial charge is 0.141 e. The molecule has 2 atom stereocenters. The van der Waals surface area contributed by atoms with Crippen molar-refractivity contribution in [2.45, 2.75) is 31.3 Å². The summed E-state index contributed by atoms with van der Waals surface area (Å²) in [6.07, 6.45) is 4.88. The molecule has 118 valence electrons. The van der Waals surface area contributed by atoms with Gasteiger partial charge in [0.15, 0.2) is 0 Å². The van der Waals surface area contributed by atoms with Crippen LogP contribution in [0, 0.1) is 5.82 Å². The van der Waals surface area contributed by atoms with E-state index in [-0.39, 0.29) is 11.9 Å². The van der Waals surface area contributed by atoms with Gasteiger partial charge in [-0.15, -0.1) is 0 Å². The summed E-state index contributed by atoms with van der Waals surface area (Å²) in [5.74, 6) is -0.282. The normalized spacial score (nSPS) is 21.1. The number of halogens is 1. The summed E-state index contributed by atoms with van der Waals surface area (Å²) in [4.78, 5) is 9.02. The van der Waals surface area contributed by atoms with Crippen molar-refractivity contribution in [2.75, 3.05) is 40.8 Å². The van der Waals surface area contributed by atoms with Gasteiger partial charge in [-0.3, -0.25) is 4.98 Å². The predicted octanol–water partition coefficient (Wildman–Crippen LogP) is 1.90. The quantitative estimate of drug-likeness (QED) is 0.832. The summed E-state index contributed by atoms with van der Waals surface area (Å²) in [5, 5.41) is 3.27. The van der Waals surface area contributed by atoms with Crippen molar-refractivity contribution in [3.05, 3.63) is 29.8 Å². The SMILES string of the molecule is CNC(CCN(C)CC1CCCN1C)c1ccc(F)cn1. The molecule has 2 rings (SSSR count). The van der Waals surface area contributed by atoms with Gasteiger partial charge in [-0.05, 0) is 65.6 Å². The number of pyridine rings is 1. The lowest BCUT2D eigenvalue weighted by Gasteiger charge is -2.27. The number of aromatic nitrogens is 1. The highest BCUT2D eigenvalue weighted by molar-refractivity contribution is 5.09. The molecule has 2 heterocycles. The highest BCUT2D eigenvalue weighted by Gasteiger charge is 2.22. The molecule has 0 radical (unpaired) electrons. The van der Waals surface area contributed by atoms with E-state index in [0.29, 0.717) is 6.04 Å². The van der Waals surface area contributed by atoms with Crippen LogP contribution in [-0.4, -0.2) is 61.6 Å². The molecule has 1 saturated heterocycles. The zero-order valence-electron chi connectivity index (χ0n) is 13.3. The minimum Gasteiger partial charge on any atom is -0.312 e. The molecule has 1 aromatic rings. The van der Waals surface area contributed by atoms with Crippen LogP contribution in [0.4, 0.5) is 4.39 Å². The summed E-state index contributed by atoms with van der Waals surface area (Å²) in [6.45, 7) is 3.34. The summed E-state index contributed by atoms with van der Waals surface area (Å²) in [5.41, 5.74) is 0.908. The molecular formula is C16H27FN4. The third kappa shape index (κ3) is 4.73. The Balaban J connectivity index is 1.80. The molecule has 1 aliphatic heterocycles. The monoisotopic (exact) mass is 294 g/mol. The van der Waals surface area contributed by atoms with Gasteiger partial charge in [0, 0.05) is 12.6 Å². The lowest BCUT2D eigenvalue weighted by molar-refractivity contribution is 0.214. The zero-order chi connectivity index (χ0) is 15.2. The van der Waals surface area contributed by atoms with Gasteiger partial charge >= 0.3 is 0 Å². The fourth-order valence-electron chi connectivity index (χ4n) is 3.04. The summed E-state index contributed by atoms with van der Waals surface area (Å²) < 4.78 is 12.9. The molecule has 0 bridgehead atoms. The van der Waals surface area contributed by atoms with E-state index < -0.39 is 0 Å². The highest BCUT2D eigenvalue weighted by Crippen LogP contribution is 2.17. The second kappa shape index (κ2) is 7.82. The van der Waals surface area contributed by atoms with Gasteiger partial charge in [0.2, 0.25) is 0 Å². The lowest BCUT2D eigenvalue weighted by atomic mass is 10.1. The van der Waals surface area contributed by atoms with Crippen LogP contribution in [0.3, 0.4) is 0 Å². The van der Waals surface area contributed by atoms with Crippen LogP contribution in [0.15, 0.2) is 18.3 Å². The van der Waals surface area contributed by atoms with Crippen molar-refractivity contribution in [2.24, 2.45) is 0 Å². The molecule has 1 aromatic heterocycles. The summed E-state index contributed by atoms with van der Waals surface area (Å²) in [7, 11) is 6.32. The first-order chi connectivity index (χ1) is 10.1. The van der Waals surface area contributed by atoms with Gasteiger partial charge < -0.3 is 15.1 Å². The van der Waals surface area contributed by atoms with E-state index in [4.69, 9.17) is 0 Å². The van der Waals surface area contributed by atoms with Crippen LogP contribution in [0.1, 0.15) is 31.0 Å². The molecule has 4 nitrogen and oxygen atoms in total. The van der Waals surface area contributed by atoms with E-state index in [1.54, 1.807) is 6.07 Å². The number of likely N-dealkylation sites (N-methyl/N-ethyl adjacent to an activating group) is 2. The van der Waals surface area contributed by atoms with Gasteiger partial charge in [-0.2, -0.15) is 0 Å². The minimum atomic E-state index is -0.282. The van der Waals surface area contributed by atoms with E-state index in [1.165, 1.54) is 31.6 Å². The first-order valence-corrected chi connectivity index (χ1v) is 7.77. The van der Waals surface area contributed by atoms with E-state index in [2.05, 4.69) is 34.2 Å². The predicted molar refractivity (Wildman–Crippen MR) is 83.8 cm³/mol. The average Bonchev–Trinajstić information content (AvgIpc) is 2.87. The number of rotatable bonds is 7. The first kappa shape index (κ1) is 16.3. The molecule has 21 heavy (non-hydrogen) atoms. The topological polar surface area (TPSA) is 31.4 Å². The van der Waals surface area contributed by atoms with Gasteiger partial charge in [0.05, 0.1) is 17.9 Å². The van der Waals surface area contributed by atoms with Crippen LogP contribution in [0.25, 0.3) is 0 Å². The van der Waals surface area contributed by atoms with Gasteiger partial charge in [0.1, 0.15) is 5.82 Å². The number of nitrogens with one attached hydrogen (secondary N) is 1. The Morgan fingerprint density at radius 2 is 2.33 bits per heavy atom. The maximum absolute atomic E-state index is 12.9. The molecule has 1 aliphatic rings. The largest absolute Gasteiger partial charge is 0.312 e. The molecule has 2 unspecified atom stereocenters. The van der Waals surface area contributed by atoms with Crippen molar-refractivity contribution in [1.29, 1.82) is 0 Å². The Morgan fingerprint density at radius 3 is 2.90 bits per heavy atom. The molecule has 0 spiro atoms. The minimum absolute atomic E-state index is 0.175. The number of nitrogens with zero attached hydrogens (tertiary/aromatic N) is 3. The van der Waals surface area contributed by atoms with Crippen LogP contribution < -0.4 is 5.32 Å². The molecule has 0 aliphatic carbocycles. The molecule has 0 aromatic carbocycles. The van der Waals surface area contributed by atoms with Gasteiger partial charge in [0.25, 0.3) is 0 Å². The summed E-state index contributed by atoms with van der Waals surface area (Å²) >= 11 is 0. The van der Waals surface area contributed by atoms with Crippen LogP contribution >= 0.6 is 0 Å². The van der Waals surface area contributed by atoms with Crippen molar-refractivity contribution in [3.8, 4) is 0 Å². The molecule has 1 N–H and O–H groups in total. The van der Waals surface area contributed by atoms with Crippen LogP contribution in [-0.2, 0) is 0 Å². The van der Waals surface area contributed by atoms with Crippen LogP contribution in [0.2, 0.25) is 0 Å². The van der Waals surface area contributed by atoms with E-state index in [1.807, 2.05) is 7.05 Å². The van der Waals surface area contributed by atoms with Gasteiger partial charge in [-0.1, -0.05) is 0 Å². The Labute approximate surface area is 127 Å². The third-order valence-corrected chi connectivity index (χ3v) is 4.45. The standard InChI is InChI=1S/C16H27FN4/c1-18-15(16-7-6-13(17)11-19-16)8-10-20(2)12-14-5-4-9-21(14)3/h6-7,11,14-15,18H,4-5,8-10,12H2,1-3H3. The maximum Gasteiger partial charge on any atom is 0.141 e. The Hall–Kier alpha value is -1.04. The highest BCUT2D eigenvalue weighted by atomic mass is 19.1. The molecular weight excluding hydrogens is 267 g/mol. The second-order valence-electron chi connectivity index (χ2n) is 6.07. The molecule has 0 saturated carbocycles. The number of likely N-dealkylation sites (tertiary alicyclic amines) is 1. The van der Waals surface area contributed by atoms with Crippen molar-refractivity contribution in [1.82, 2.24) is 20.1 Å². The Bertz CT molecular complexity index is 423. The Kier molecular flexibility index (Phi) is 6.08. The fraction of sp³-hybridized carbons (Fsp3) is 0.688. The van der Waals surface area contributed by atoms with E-state index >= 15 is 0 Å². The fourth-order valence-corrected chi connectivity index (χ4v) is 3.04. The van der Waals surface area contributed by atoms with E-state index in [9.17, 15) is 4.39 Å². The third-order valence-electron chi connectivity index (χ3n) is 4.45. The number of hydrogen-bond acceptors (Lipinski definition) is 4. The van der Waals surface area contributed by atoms with Crippen molar-refractivity contribution in [3.63, 3.8) is 0 Å². The maximum atomic E-state index is 12.9. The van der Waals surface area contributed by atoms with Crippen molar-refractivity contribution < 1.29 is 4.39 Å². The van der Waals surface area contributed by atoms with Crippen LogP contribution in [0.5, 0.6) is 0 Å².